The number of unbranched alkanes of at least 4 members (excludes halogenated alkanes) is 24. The van der Waals surface area contributed by atoms with E-state index in [1.54, 1.807) is 0 Å². The summed E-state index contributed by atoms with van der Waals surface area (Å²) in [6, 6.07) is 0. The number of phosphoric ester groups is 1. The summed E-state index contributed by atoms with van der Waals surface area (Å²) in [7, 11) is -0.697. The van der Waals surface area contributed by atoms with Gasteiger partial charge in [0.15, 0.2) is 6.10 Å². The second-order valence-electron chi connectivity index (χ2n) is 14.2. The van der Waals surface area contributed by atoms with E-state index in [0.29, 0.717) is 13.0 Å². The fourth-order valence-electron chi connectivity index (χ4n) is 5.75. The van der Waals surface area contributed by atoms with Crippen molar-refractivity contribution in [1.29, 1.82) is 0 Å². The van der Waals surface area contributed by atoms with Gasteiger partial charge >= 0.3 is 19.8 Å². The monoisotopic (exact) mass is 720 g/mol. The Balaban J connectivity index is 4.29. The maximum Gasteiger partial charge on any atom is 0.472 e. The normalized spacial score (nSPS) is 13.4. The molecule has 292 valence electrons. The number of nitrogens with zero attached hydrogens (tertiary/aromatic N) is 1. The van der Waals surface area contributed by atoms with E-state index >= 15 is 0 Å². The smallest absolute Gasteiger partial charge is 0.462 e. The second-order valence-corrected chi connectivity index (χ2v) is 15.6. The van der Waals surface area contributed by atoms with Crippen LogP contribution in [0.15, 0.2) is 0 Å². The first-order valence-corrected chi connectivity index (χ1v) is 21.8. The Morgan fingerprint density at radius 1 is 0.551 bits per heavy atom. The number of ether oxygens (including phenoxy) is 2. The van der Waals surface area contributed by atoms with Gasteiger partial charge in [0.2, 0.25) is 0 Å². The van der Waals surface area contributed by atoms with Crippen LogP contribution in [-0.2, 0) is 32.7 Å². The largest absolute Gasteiger partial charge is 0.472 e. The van der Waals surface area contributed by atoms with Crippen LogP contribution in [0.4, 0.5) is 0 Å². The van der Waals surface area contributed by atoms with Gasteiger partial charge in [0, 0.05) is 19.4 Å². The number of hydrogen-bond acceptors (Lipinski definition) is 8. The summed E-state index contributed by atoms with van der Waals surface area (Å²) in [6.07, 6.45) is 31.4. The zero-order valence-electron chi connectivity index (χ0n) is 32.4. The fourth-order valence-corrected chi connectivity index (χ4v) is 6.49. The van der Waals surface area contributed by atoms with Crippen molar-refractivity contribution in [1.82, 2.24) is 4.90 Å². The van der Waals surface area contributed by atoms with Crippen molar-refractivity contribution in [3.05, 3.63) is 0 Å². The molecule has 0 radical (unpaired) electrons. The average molecular weight is 720 g/mol. The summed E-state index contributed by atoms with van der Waals surface area (Å²) in [5.74, 6) is -0.792. The van der Waals surface area contributed by atoms with Crippen LogP contribution in [0.1, 0.15) is 194 Å². The SMILES string of the molecule is CCCCCCCCCCCCCCCCCC(=O)OC(COC(=O)CCCCCCCCCCCCC)COP(=O)(O)OCCN(C)C. The van der Waals surface area contributed by atoms with Gasteiger partial charge in [-0.2, -0.15) is 0 Å². The predicted molar refractivity (Wildman–Crippen MR) is 202 cm³/mol. The van der Waals surface area contributed by atoms with E-state index < -0.39 is 26.5 Å². The molecule has 0 amide bonds. The van der Waals surface area contributed by atoms with E-state index in [1.807, 2.05) is 19.0 Å². The molecule has 2 atom stereocenters. The molecule has 0 aromatic heterocycles. The molecule has 0 heterocycles. The molecule has 0 saturated carbocycles. The molecule has 0 aromatic carbocycles. The van der Waals surface area contributed by atoms with Gasteiger partial charge in [0.1, 0.15) is 6.61 Å². The van der Waals surface area contributed by atoms with Crippen molar-refractivity contribution in [2.45, 2.75) is 200 Å². The number of hydrogen-bond donors (Lipinski definition) is 1. The van der Waals surface area contributed by atoms with E-state index in [-0.39, 0.29) is 25.6 Å². The molecule has 2 unspecified atom stereocenters. The lowest BCUT2D eigenvalue weighted by Crippen LogP contribution is -2.29. The topological polar surface area (TPSA) is 112 Å². The third kappa shape index (κ3) is 36.6. The number of esters is 2. The summed E-state index contributed by atoms with van der Waals surface area (Å²) in [4.78, 5) is 36.9. The van der Waals surface area contributed by atoms with Crippen molar-refractivity contribution >= 4 is 19.8 Å². The molecular weight excluding hydrogens is 641 g/mol. The number of likely N-dealkylation sites (N-methyl/N-ethyl adjacent to an activating group) is 1. The number of carbonyl (C=O) groups excluding carboxylic acids is 2. The maximum absolute atomic E-state index is 12.6. The zero-order chi connectivity index (χ0) is 36.3. The van der Waals surface area contributed by atoms with Crippen LogP contribution in [0.2, 0.25) is 0 Å². The summed E-state index contributed by atoms with van der Waals surface area (Å²) in [6.45, 7) is 4.33. The predicted octanol–water partition coefficient (Wildman–Crippen LogP) is 11.1. The summed E-state index contributed by atoms with van der Waals surface area (Å²) in [5.41, 5.74) is 0. The highest BCUT2D eigenvalue weighted by molar-refractivity contribution is 7.47. The highest BCUT2D eigenvalue weighted by Crippen LogP contribution is 2.43. The molecule has 0 fully saturated rings. The molecule has 0 spiro atoms. The van der Waals surface area contributed by atoms with Crippen molar-refractivity contribution in [2.75, 3.05) is 40.5 Å². The van der Waals surface area contributed by atoms with E-state index in [9.17, 15) is 19.0 Å². The van der Waals surface area contributed by atoms with Crippen molar-refractivity contribution in [3.63, 3.8) is 0 Å². The van der Waals surface area contributed by atoms with Gasteiger partial charge in [-0.1, -0.05) is 168 Å². The van der Waals surface area contributed by atoms with Crippen molar-refractivity contribution in [2.24, 2.45) is 0 Å². The highest BCUT2D eigenvalue weighted by Gasteiger charge is 2.26. The van der Waals surface area contributed by atoms with Crippen LogP contribution in [-0.4, -0.2) is 68.3 Å². The minimum absolute atomic E-state index is 0.0123. The van der Waals surface area contributed by atoms with Gasteiger partial charge < -0.3 is 19.3 Å². The minimum Gasteiger partial charge on any atom is -0.462 e. The Morgan fingerprint density at radius 3 is 1.31 bits per heavy atom. The lowest BCUT2D eigenvalue weighted by Gasteiger charge is -2.20. The van der Waals surface area contributed by atoms with Crippen LogP contribution in [0.3, 0.4) is 0 Å². The third-order valence-electron chi connectivity index (χ3n) is 8.91. The Kier molecular flexibility index (Phi) is 34.7. The molecule has 0 aromatic rings. The lowest BCUT2D eigenvalue weighted by molar-refractivity contribution is -0.161. The van der Waals surface area contributed by atoms with Gasteiger partial charge in [-0.3, -0.25) is 18.6 Å². The number of phosphoric acid groups is 1. The van der Waals surface area contributed by atoms with Crippen LogP contribution in [0.25, 0.3) is 0 Å². The molecule has 0 bridgehead atoms. The Hall–Kier alpha value is -0.990. The second kappa shape index (κ2) is 35.4. The Labute approximate surface area is 301 Å². The number of carbonyl (C=O) groups is 2. The molecule has 49 heavy (non-hydrogen) atoms. The van der Waals surface area contributed by atoms with Crippen molar-refractivity contribution < 1.29 is 37.6 Å². The van der Waals surface area contributed by atoms with Gasteiger partial charge in [0.05, 0.1) is 13.2 Å². The van der Waals surface area contributed by atoms with Crippen molar-refractivity contribution in [3.8, 4) is 0 Å². The van der Waals surface area contributed by atoms with Crippen LogP contribution < -0.4 is 0 Å². The van der Waals surface area contributed by atoms with Crippen LogP contribution >= 0.6 is 7.82 Å². The Morgan fingerprint density at radius 2 is 0.918 bits per heavy atom. The van der Waals surface area contributed by atoms with Gasteiger partial charge in [-0.05, 0) is 26.9 Å². The lowest BCUT2D eigenvalue weighted by atomic mass is 10.0. The first-order chi connectivity index (χ1) is 23.7. The maximum atomic E-state index is 12.6. The van der Waals surface area contributed by atoms with Gasteiger partial charge in [-0.25, -0.2) is 4.57 Å². The molecule has 9 nitrogen and oxygen atoms in total. The third-order valence-corrected chi connectivity index (χ3v) is 9.90. The molecule has 0 aliphatic heterocycles. The number of rotatable bonds is 38. The van der Waals surface area contributed by atoms with E-state index in [0.717, 1.165) is 38.5 Å². The quantitative estimate of drug-likeness (QED) is 0.0378. The molecule has 1 N–H and O–H groups in total. The highest BCUT2D eigenvalue weighted by atomic mass is 31.2. The van der Waals surface area contributed by atoms with E-state index in [2.05, 4.69) is 13.8 Å². The molecule has 0 saturated heterocycles. The molecule has 0 aliphatic carbocycles. The van der Waals surface area contributed by atoms with E-state index in [4.69, 9.17) is 18.5 Å². The molecular formula is C39H78NO8P. The van der Waals surface area contributed by atoms with Crippen LogP contribution in [0.5, 0.6) is 0 Å². The molecule has 0 aliphatic rings. The van der Waals surface area contributed by atoms with Gasteiger partial charge in [0.25, 0.3) is 0 Å². The Bertz CT molecular complexity index is 797. The summed E-state index contributed by atoms with van der Waals surface area (Å²) < 4.78 is 33.4. The summed E-state index contributed by atoms with van der Waals surface area (Å²) in [5, 5.41) is 0. The molecule has 10 heteroatoms. The summed E-state index contributed by atoms with van der Waals surface area (Å²) >= 11 is 0. The fraction of sp³-hybridized carbons (Fsp3) is 0.949. The first-order valence-electron chi connectivity index (χ1n) is 20.3. The standard InChI is InChI=1S/C39H78NO8P/c1-5-7-9-11-13-15-17-18-19-20-22-24-26-28-30-32-39(42)48-37(36-47-49(43,44)46-34-33-40(3)4)35-45-38(41)31-29-27-25-23-21-16-14-12-10-8-6-2/h37H,5-36H2,1-4H3,(H,43,44). The molecule has 0 rings (SSSR count). The minimum atomic E-state index is -4.35. The average Bonchev–Trinajstić information content (AvgIpc) is 3.06. The van der Waals surface area contributed by atoms with Crippen LogP contribution in [0, 0.1) is 0 Å². The first kappa shape index (κ1) is 48.0. The van der Waals surface area contributed by atoms with E-state index in [1.165, 1.54) is 128 Å². The zero-order valence-corrected chi connectivity index (χ0v) is 33.3. The van der Waals surface area contributed by atoms with Gasteiger partial charge in [-0.15, -0.1) is 0 Å².